The third-order valence-corrected chi connectivity index (χ3v) is 2.96. The van der Waals surface area contributed by atoms with Crippen molar-refractivity contribution < 1.29 is 17.5 Å². The Morgan fingerprint density at radius 3 is 3.00 bits per heavy atom. The van der Waals surface area contributed by atoms with Crippen molar-refractivity contribution in [3.05, 3.63) is 29.5 Å². The average molecular weight is 236 g/mol. The predicted octanol–water partition coefficient (Wildman–Crippen LogP) is -0.757. The second-order valence-electron chi connectivity index (χ2n) is 3.93. The number of aliphatic imine (C=N–C) groups is 1. The van der Waals surface area contributed by atoms with Gasteiger partial charge in [0, 0.05) is 23.5 Å². The molecule has 0 fully saturated rings. The van der Waals surface area contributed by atoms with E-state index in [1.807, 2.05) is 13.0 Å². The number of phenolic OH excluding ortho intramolecular Hbond substituents is 1. The van der Waals surface area contributed by atoms with E-state index in [1.54, 1.807) is 12.1 Å². The first kappa shape index (κ1) is 11.0. The topological polar surface area (TPSA) is 48.4 Å². The molecule has 0 saturated heterocycles. The molecule has 0 bridgehead atoms. The van der Waals surface area contributed by atoms with E-state index >= 15 is 0 Å². The summed E-state index contributed by atoms with van der Waals surface area (Å²) in [6, 6.07) is 5.47. The quantitative estimate of drug-likeness (QED) is 0.620. The third kappa shape index (κ3) is 1.48. The van der Waals surface area contributed by atoms with Gasteiger partial charge >= 0.3 is 0 Å². The van der Waals surface area contributed by atoms with Gasteiger partial charge in [-0.3, -0.25) is 4.99 Å². The summed E-state index contributed by atoms with van der Waals surface area (Å²) < 4.78 is 0. The number of aromatic amines is 1. The Morgan fingerprint density at radius 2 is 2.19 bits per heavy atom. The number of nitrogens with zero attached hydrogens (tertiary/aromatic N) is 1. The molecule has 16 heavy (non-hydrogen) atoms. The van der Waals surface area contributed by atoms with Crippen LogP contribution in [-0.4, -0.2) is 22.3 Å². The lowest BCUT2D eigenvalue weighted by atomic mass is 10.0. The fourth-order valence-corrected chi connectivity index (χ4v) is 2.23. The molecule has 3 rings (SSSR count). The van der Waals surface area contributed by atoms with Crippen molar-refractivity contribution in [2.45, 2.75) is 13.3 Å². The minimum absolute atomic E-state index is 0. The van der Waals surface area contributed by atoms with Crippen LogP contribution in [-0.2, 0) is 6.42 Å². The van der Waals surface area contributed by atoms with E-state index in [2.05, 4.69) is 9.98 Å². The van der Waals surface area contributed by atoms with Crippen molar-refractivity contribution in [2.75, 3.05) is 6.54 Å². The normalized spacial score (nSPS) is 14.2. The van der Waals surface area contributed by atoms with Gasteiger partial charge in [-0.15, -0.1) is 0 Å². The molecule has 1 aromatic heterocycles. The van der Waals surface area contributed by atoms with Crippen molar-refractivity contribution >= 4 is 16.6 Å². The molecular formula is C12H12ClN2O-. The SMILES string of the molecule is CC1=NCCc2c1[nH]c1cc(O)ccc21.[Cl-]. The molecule has 0 amide bonds. The summed E-state index contributed by atoms with van der Waals surface area (Å²) in [5, 5.41) is 10.6. The summed E-state index contributed by atoms with van der Waals surface area (Å²) in [7, 11) is 0. The smallest absolute Gasteiger partial charge is 0.117 e. The Hall–Kier alpha value is -1.48. The van der Waals surface area contributed by atoms with Gasteiger partial charge in [-0.1, -0.05) is 0 Å². The van der Waals surface area contributed by atoms with E-state index in [4.69, 9.17) is 0 Å². The zero-order chi connectivity index (χ0) is 10.4. The number of phenols is 1. The minimum atomic E-state index is 0. The van der Waals surface area contributed by atoms with Gasteiger partial charge in [-0.25, -0.2) is 0 Å². The van der Waals surface area contributed by atoms with Gasteiger partial charge in [0.25, 0.3) is 0 Å². The summed E-state index contributed by atoms with van der Waals surface area (Å²) in [6.07, 6.45) is 0.984. The maximum Gasteiger partial charge on any atom is 0.117 e. The number of aromatic nitrogens is 1. The zero-order valence-electron chi connectivity index (χ0n) is 8.92. The Morgan fingerprint density at radius 1 is 1.38 bits per heavy atom. The Bertz CT molecular complexity index is 572. The van der Waals surface area contributed by atoms with Gasteiger partial charge in [-0.2, -0.15) is 0 Å². The lowest BCUT2D eigenvalue weighted by Gasteiger charge is -2.08. The van der Waals surface area contributed by atoms with Crippen LogP contribution in [0.15, 0.2) is 23.2 Å². The average Bonchev–Trinajstić information content (AvgIpc) is 2.57. The van der Waals surface area contributed by atoms with Gasteiger partial charge in [0.2, 0.25) is 0 Å². The first-order valence-electron chi connectivity index (χ1n) is 5.11. The van der Waals surface area contributed by atoms with Crippen molar-refractivity contribution in [2.24, 2.45) is 4.99 Å². The number of hydrogen-bond acceptors (Lipinski definition) is 2. The van der Waals surface area contributed by atoms with Crippen LogP contribution < -0.4 is 12.4 Å². The summed E-state index contributed by atoms with van der Waals surface area (Å²) in [4.78, 5) is 7.73. The molecule has 0 spiro atoms. The lowest BCUT2D eigenvalue weighted by Crippen LogP contribution is -3.00. The first-order chi connectivity index (χ1) is 7.25. The Kier molecular flexibility index (Phi) is 2.64. The van der Waals surface area contributed by atoms with Crippen LogP contribution in [0.5, 0.6) is 5.75 Å². The molecule has 1 aromatic carbocycles. The molecule has 2 N–H and O–H groups in total. The maximum atomic E-state index is 9.41. The zero-order valence-corrected chi connectivity index (χ0v) is 9.67. The van der Waals surface area contributed by atoms with Crippen LogP contribution in [0.2, 0.25) is 0 Å². The summed E-state index contributed by atoms with van der Waals surface area (Å²) in [5.41, 5.74) is 4.52. The number of nitrogens with one attached hydrogen (secondary N) is 1. The molecule has 2 aromatic rings. The van der Waals surface area contributed by atoms with Crippen molar-refractivity contribution in [1.29, 1.82) is 0 Å². The van der Waals surface area contributed by atoms with E-state index in [9.17, 15) is 5.11 Å². The van der Waals surface area contributed by atoms with Crippen molar-refractivity contribution in [3.63, 3.8) is 0 Å². The van der Waals surface area contributed by atoms with Gasteiger partial charge in [0.1, 0.15) is 5.75 Å². The Labute approximate surface area is 99.6 Å². The van der Waals surface area contributed by atoms with E-state index < -0.39 is 0 Å². The summed E-state index contributed by atoms with van der Waals surface area (Å²) in [5.74, 6) is 0.302. The van der Waals surface area contributed by atoms with Crippen LogP contribution in [0.4, 0.5) is 0 Å². The van der Waals surface area contributed by atoms with Crippen LogP contribution in [0.3, 0.4) is 0 Å². The van der Waals surface area contributed by atoms with Crippen LogP contribution in [0.1, 0.15) is 18.2 Å². The molecule has 1 aliphatic heterocycles. The second kappa shape index (κ2) is 3.83. The molecule has 0 unspecified atom stereocenters. The molecule has 0 saturated carbocycles. The van der Waals surface area contributed by atoms with Crippen LogP contribution in [0, 0.1) is 0 Å². The summed E-state index contributed by atoms with van der Waals surface area (Å²) in [6.45, 7) is 2.89. The number of H-pyrrole nitrogens is 1. The highest BCUT2D eigenvalue weighted by atomic mass is 35.5. The largest absolute Gasteiger partial charge is 1.00 e. The fraction of sp³-hybridized carbons (Fsp3) is 0.250. The van der Waals surface area contributed by atoms with Gasteiger partial charge < -0.3 is 22.5 Å². The molecule has 1 aliphatic rings. The molecule has 84 valence electrons. The standard InChI is InChI=1S/C12H12N2O.ClH/c1-7-12-10(4-5-13-7)9-3-2-8(15)6-11(9)14-12;/h2-3,6,14-15H,4-5H2,1H3;1H/p-1. The Balaban J connectivity index is 0.000000963. The highest BCUT2D eigenvalue weighted by Gasteiger charge is 2.16. The first-order valence-corrected chi connectivity index (χ1v) is 5.11. The molecule has 0 radical (unpaired) electrons. The number of benzene rings is 1. The van der Waals surface area contributed by atoms with Gasteiger partial charge in [-0.05, 0) is 31.0 Å². The highest BCUT2D eigenvalue weighted by Crippen LogP contribution is 2.28. The monoisotopic (exact) mass is 235 g/mol. The van der Waals surface area contributed by atoms with Crippen molar-refractivity contribution in [1.82, 2.24) is 4.98 Å². The predicted molar refractivity (Wildman–Crippen MR) is 60.7 cm³/mol. The number of rotatable bonds is 0. The number of aromatic hydroxyl groups is 1. The lowest BCUT2D eigenvalue weighted by molar-refractivity contribution is -0.00000420. The molecular weight excluding hydrogens is 224 g/mol. The van der Waals surface area contributed by atoms with E-state index in [0.717, 1.165) is 29.9 Å². The van der Waals surface area contributed by atoms with Gasteiger partial charge in [0.15, 0.2) is 0 Å². The van der Waals surface area contributed by atoms with E-state index in [1.165, 1.54) is 10.9 Å². The molecule has 0 aliphatic carbocycles. The molecule has 2 heterocycles. The maximum absolute atomic E-state index is 9.41. The second-order valence-corrected chi connectivity index (χ2v) is 3.93. The highest BCUT2D eigenvalue weighted by molar-refractivity contribution is 6.05. The number of halogens is 1. The van der Waals surface area contributed by atoms with Crippen LogP contribution >= 0.6 is 0 Å². The van der Waals surface area contributed by atoms with Crippen LogP contribution in [0.25, 0.3) is 10.9 Å². The minimum Gasteiger partial charge on any atom is -1.00 e. The molecule has 0 atom stereocenters. The van der Waals surface area contributed by atoms with E-state index in [-0.39, 0.29) is 12.4 Å². The van der Waals surface area contributed by atoms with Crippen molar-refractivity contribution in [3.8, 4) is 5.75 Å². The third-order valence-electron chi connectivity index (χ3n) is 2.96. The van der Waals surface area contributed by atoms with Gasteiger partial charge in [0.05, 0.1) is 11.4 Å². The number of fused-ring (bicyclic) bond motifs is 3. The fourth-order valence-electron chi connectivity index (χ4n) is 2.23. The molecule has 3 nitrogen and oxygen atoms in total. The molecule has 4 heteroatoms. The summed E-state index contributed by atoms with van der Waals surface area (Å²) >= 11 is 0. The van der Waals surface area contributed by atoms with E-state index in [0.29, 0.717) is 5.75 Å². The number of hydrogen-bond donors (Lipinski definition) is 2.